The van der Waals surface area contributed by atoms with Crippen LogP contribution in [0.4, 0.5) is 13.9 Å². The summed E-state index contributed by atoms with van der Waals surface area (Å²) in [5.41, 5.74) is 0.786. The number of carbonyl (C=O) groups is 1. The van der Waals surface area contributed by atoms with Crippen LogP contribution in [0.25, 0.3) is 10.2 Å². The number of nitrogens with zero attached hydrogens (tertiary/aromatic N) is 1. The number of sulfone groups is 1. The van der Waals surface area contributed by atoms with Crippen molar-refractivity contribution in [3.8, 4) is 0 Å². The van der Waals surface area contributed by atoms with Crippen LogP contribution < -0.4 is 5.32 Å². The zero-order chi connectivity index (χ0) is 18.2. The molecule has 3 rings (SSSR count). The number of amides is 1. The van der Waals surface area contributed by atoms with E-state index in [9.17, 15) is 22.0 Å². The van der Waals surface area contributed by atoms with E-state index < -0.39 is 26.4 Å². The van der Waals surface area contributed by atoms with E-state index >= 15 is 0 Å². The fourth-order valence-electron chi connectivity index (χ4n) is 2.02. The number of hydrogen-bond acceptors (Lipinski definition) is 5. The van der Waals surface area contributed by atoms with E-state index in [0.717, 1.165) is 29.0 Å². The highest BCUT2D eigenvalue weighted by atomic mass is 35.5. The normalized spacial score (nSPS) is 11.8. The Morgan fingerprint density at radius 1 is 1.16 bits per heavy atom. The van der Waals surface area contributed by atoms with Crippen molar-refractivity contribution in [2.75, 3.05) is 5.32 Å². The van der Waals surface area contributed by atoms with Gasteiger partial charge in [0, 0.05) is 10.6 Å². The smallest absolute Gasteiger partial charge is 0.298 e. The van der Waals surface area contributed by atoms with E-state index in [2.05, 4.69) is 10.3 Å². The lowest BCUT2D eigenvalue weighted by Crippen LogP contribution is -2.14. The summed E-state index contributed by atoms with van der Waals surface area (Å²) in [4.78, 5) is 15.9. The molecule has 0 atom stereocenters. The van der Waals surface area contributed by atoms with Gasteiger partial charge in [-0.25, -0.2) is 13.4 Å². The molecule has 0 aliphatic rings. The van der Waals surface area contributed by atoms with Gasteiger partial charge in [-0.2, -0.15) is 8.78 Å². The fourth-order valence-corrected chi connectivity index (χ4v) is 3.88. The number of thiazole rings is 1. The molecule has 3 aromatic rings. The molecule has 0 spiro atoms. The van der Waals surface area contributed by atoms with Crippen molar-refractivity contribution in [2.45, 2.75) is 10.7 Å². The van der Waals surface area contributed by atoms with Gasteiger partial charge in [0.2, 0.25) is 9.84 Å². The van der Waals surface area contributed by atoms with Crippen LogP contribution in [0.15, 0.2) is 47.4 Å². The maximum atomic E-state index is 12.5. The molecule has 0 radical (unpaired) electrons. The topological polar surface area (TPSA) is 76.1 Å². The zero-order valence-corrected chi connectivity index (χ0v) is 14.6. The minimum absolute atomic E-state index is 0.116. The fraction of sp³-hybridized carbons (Fsp3) is 0.0667. The van der Waals surface area contributed by atoms with Gasteiger partial charge in [-0.1, -0.05) is 22.9 Å². The molecule has 0 saturated carbocycles. The number of anilines is 1. The molecule has 1 amide bonds. The Morgan fingerprint density at radius 3 is 2.48 bits per heavy atom. The molecule has 0 aliphatic carbocycles. The molecular formula is C15H9ClF2N2O3S2. The van der Waals surface area contributed by atoms with Crippen LogP contribution in [0.3, 0.4) is 0 Å². The van der Waals surface area contributed by atoms with Crippen molar-refractivity contribution in [1.82, 2.24) is 4.98 Å². The summed E-state index contributed by atoms with van der Waals surface area (Å²) < 4.78 is 48.5. The molecule has 1 heterocycles. The zero-order valence-electron chi connectivity index (χ0n) is 12.2. The molecule has 0 fully saturated rings. The van der Waals surface area contributed by atoms with E-state index in [-0.39, 0.29) is 5.56 Å². The SMILES string of the molecule is O=C(Nc1nc2ccc(Cl)cc2s1)c1ccc(S(=O)(=O)C(F)F)cc1. The molecule has 0 unspecified atom stereocenters. The van der Waals surface area contributed by atoms with Gasteiger partial charge in [0.1, 0.15) is 0 Å². The number of nitrogens with one attached hydrogen (secondary N) is 1. The van der Waals surface area contributed by atoms with E-state index in [1.807, 2.05) is 0 Å². The monoisotopic (exact) mass is 402 g/mol. The number of halogens is 3. The average molecular weight is 403 g/mol. The second-order valence-electron chi connectivity index (χ2n) is 4.92. The van der Waals surface area contributed by atoms with Gasteiger partial charge in [-0.05, 0) is 42.5 Å². The summed E-state index contributed by atoms with van der Waals surface area (Å²) in [7, 11) is -4.69. The van der Waals surface area contributed by atoms with Gasteiger partial charge < -0.3 is 0 Å². The third-order valence-electron chi connectivity index (χ3n) is 3.25. The first-order valence-corrected chi connectivity index (χ1v) is 9.51. The largest absolute Gasteiger partial charge is 0.341 e. The van der Waals surface area contributed by atoms with Crippen molar-refractivity contribution < 1.29 is 22.0 Å². The van der Waals surface area contributed by atoms with E-state index in [1.54, 1.807) is 18.2 Å². The number of hydrogen-bond donors (Lipinski definition) is 1. The van der Waals surface area contributed by atoms with Crippen LogP contribution in [0.2, 0.25) is 5.02 Å². The highest BCUT2D eigenvalue weighted by Gasteiger charge is 2.26. The molecule has 25 heavy (non-hydrogen) atoms. The number of rotatable bonds is 4. The molecule has 5 nitrogen and oxygen atoms in total. The lowest BCUT2D eigenvalue weighted by Gasteiger charge is -2.05. The summed E-state index contributed by atoms with van der Waals surface area (Å²) in [6.45, 7) is 0. The predicted octanol–water partition coefficient (Wildman–Crippen LogP) is 4.20. The summed E-state index contributed by atoms with van der Waals surface area (Å²) in [6, 6.07) is 9.37. The van der Waals surface area contributed by atoms with Gasteiger partial charge in [-0.15, -0.1) is 0 Å². The molecule has 1 N–H and O–H groups in total. The summed E-state index contributed by atoms with van der Waals surface area (Å²) in [5, 5.41) is 3.46. The van der Waals surface area contributed by atoms with Crippen molar-refractivity contribution in [3.63, 3.8) is 0 Å². The molecule has 0 aliphatic heterocycles. The minimum Gasteiger partial charge on any atom is -0.298 e. The van der Waals surface area contributed by atoms with Crippen molar-refractivity contribution in [1.29, 1.82) is 0 Å². The first kappa shape index (κ1) is 17.7. The number of alkyl halides is 2. The molecule has 1 aromatic heterocycles. The van der Waals surface area contributed by atoms with E-state index in [4.69, 9.17) is 11.6 Å². The van der Waals surface area contributed by atoms with Gasteiger partial charge >= 0.3 is 5.76 Å². The quantitative estimate of drug-likeness (QED) is 0.709. The summed E-state index contributed by atoms with van der Waals surface area (Å²) in [6.07, 6.45) is 0. The Balaban J connectivity index is 1.81. The Bertz CT molecular complexity index is 1050. The van der Waals surface area contributed by atoms with Gasteiger partial charge in [0.05, 0.1) is 15.1 Å². The van der Waals surface area contributed by atoms with Crippen LogP contribution in [0.5, 0.6) is 0 Å². The van der Waals surface area contributed by atoms with Crippen LogP contribution >= 0.6 is 22.9 Å². The minimum atomic E-state index is -4.69. The second kappa shape index (κ2) is 6.66. The maximum Gasteiger partial charge on any atom is 0.341 e. The van der Waals surface area contributed by atoms with Crippen LogP contribution in [-0.4, -0.2) is 25.1 Å². The standard InChI is InChI=1S/C15H9ClF2N2O3S2/c16-9-3-6-11-12(7-9)24-15(19-11)20-13(21)8-1-4-10(5-2-8)25(22,23)14(17)18/h1-7,14H,(H,19,20,21). The number of fused-ring (bicyclic) bond motifs is 1. The van der Waals surface area contributed by atoms with Crippen LogP contribution in [0, 0.1) is 0 Å². The first-order chi connectivity index (χ1) is 11.8. The van der Waals surface area contributed by atoms with Gasteiger partial charge in [0.15, 0.2) is 5.13 Å². The third-order valence-corrected chi connectivity index (χ3v) is 5.82. The highest BCUT2D eigenvalue weighted by molar-refractivity contribution is 7.91. The Morgan fingerprint density at radius 2 is 1.84 bits per heavy atom. The average Bonchev–Trinajstić information content (AvgIpc) is 2.96. The Hall–Kier alpha value is -2.10. The van der Waals surface area contributed by atoms with Crippen molar-refractivity contribution >= 4 is 54.0 Å². The highest BCUT2D eigenvalue weighted by Crippen LogP contribution is 2.28. The molecule has 2 aromatic carbocycles. The lowest BCUT2D eigenvalue weighted by atomic mass is 10.2. The molecule has 10 heteroatoms. The predicted molar refractivity (Wildman–Crippen MR) is 92.2 cm³/mol. The second-order valence-corrected chi connectivity index (χ2v) is 8.30. The van der Waals surface area contributed by atoms with Crippen molar-refractivity contribution in [3.05, 3.63) is 53.1 Å². The first-order valence-electron chi connectivity index (χ1n) is 6.77. The van der Waals surface area contributed by atoms with E-state index in [1.165, 1.54) is 11.3 Å². The van der Waals surface area contributed by atoms with Crippen LogP contribution in [-0.2, 0) is 9.84 Å². The molecule has 130 valence electrons. The number of benzene rings is 2. The number of aromatic nitrogens is 1. The van der Waals surface area contributed by atoms with Gasteiger partial charge in [0.25, 0.3) is 5.91 Å². The number of carbonyl (C=O) groups excluding carboxylic acids is 1. The van der Waals surface area contributed by atoms with Gasteiger partial charge in [-0.3, -0.25) is 10.1 Å². The molecule has 0 saturated heterocycles. The lowest BCUT2D eigenvalue weighted by molar-refractivity contribution is 0.102. The summed E-state index contributed by atoms with van der Waals surface area (Å²) >= 11 is 7.12. The van der Waals surface area contributed by atoms with E-state index in [0.29, 0.717) is 15.7 Å². The van der Waals surface area contributed by atoms with Crippen LogP contribution in [0.1, 0.15) is 10.4 Å². The summed E-state index contributed by atoms with van der Waals surface area (Å²) in [5.74, 6) is -4.05. The van der Waals surface area contributed by atoms with Crippen molar-refractivity contribution in [2.24, 2.45) is 0 Å². The Labute approximate surface area is 150 Å². The third kappa shape index (κ3) is 3.63. The molecular weight excluding hydrogens is 394 g/mol. The Kier molecular flexibility index (Phi) is 4.72. The maximum absolute atomic E-state index is 12.5. The molecule has 0 bridgehead atoms.